The second kappa shape index (κ2) is 6.92. The highest BCUT2D eigenvalue weighted by molar-refractivity contribution is 14.0. The molecule has 0 bridgehead atoms. The lowest BCUT2D eigenvalue weighted by Gasteiger charge is -2.15. The molecule has 0 unspecified atom stereocenters. The van der Waals surface area contributed by atoms with Gasteiger partial charge >= 0.3 is 0 Å². The summed E-state index contributed by atoms with van der Waals surface area (Å²) in [7, 11) is 0. The van der Waals surface area contributed by atoms with Crippen molar-refractivity contribution in [3.8, 4) is 0 Å². The molecule has 2 N–H and O–H groups in total. The zero-order valence-corrected chi connectivity index (χ0v) is 13.8. The Balaban J connectivity index is 0.00000147. The second-order valence-electron chi connectivity index (χ2n) is 4.72. The molecule has 1 aliphatic heterocycles. The summed E-state index contributed by atoms with van der Waals surface area (Å²) in [5.74, 6) is 1.66. The smallest absolute Gasteiger partial charge is 0.197 e. The number of hydrogen-bond donors (Lipinski definition) is 2. The molecule has 0 saturated heterocycles. The summed E-state index contributed by atoms with van der Waals surface area (Å²) < 4.78 is 5.73. The number of hydrogen-bond acceptors (Lipinski definition) is 5. The number of nitrogens with one attached hydrogen (secondary N) is 2. The standard InChI is InChI=1S/C14H18N4O.HI/c1-10-4-2-5-11-13(10)18-12(19-11)6-9-17-14-15-7-3-8-16-14;/h2,4-5H,3,6-9H2,1H3,(H2,15,16,17);1H. The van der Waals surface area contributed by atoms with E-state index >= 15 is 0 Å². The lowest BCUT2D eigenvalue weighted by molar-refractivity contribution is 0.525. The Morgan fingerprint density at radius 2 is 2.30 bits per heavy atom. The lowest BCUT2D eigenvalue weighted by atomic mass is 10.2. The first-order valence-corrected chi connectivity index (χ1v) is 6.70. The van der Waals surface area contributed by atoms with Crippen molar-refractivity contribution in [2.24, 2.45) is 4.99 Å². The molecule has 0 atom stereocenters. The first-order chi connectivity index (χ1) is 9.33. The molecule has 20 heavy (non-hydrogen) atoms. The lowest BCUT2D eigenvalue weighted by Crippen LogP contribution is -2.41. The fraction of sp³-hybridized carbons (Fsp3) is 0.429. The number of fused-ring (bicyclic) bond motifs is 1. The number of rotatable bonds is 3. The van der Waals surface area contributed by atoms with Crippen LogP contribution in [0.3, 0.4) is 0 Å². The summed E-state index contributed by atoms with van der Waals surface area (Å²) in [6, 6.07) is 6.00. The molecule has 1 aliphatic rings. The highest BCUT2D eigenvalue weighted by Crippen LogP contribution is 2.18. The minimum Gasteiger partial charge on any atom is -0.441 e. The monoisotopic (exact) mass is 386 g/mol. The van der Waals surface area contributed by atoms with Gasteiger partial charge in [0.2, 0.25) is 0 Å². The highest BCUT2D eigenvalue weighted by Gasteiger charge is 2.08. The third-order valence-corrected chi connectivity index (χ3v) is 3.19. The van der Waals surface area contributed by atoms with E-state index in [1.54, 1.807) is 0 Å². The first kappa shape index (κ1) is 15.1. The van der Waals surface area contributed by atoms with Crippen molar-refractivity contribution >= 4 is 41.0 Å². The van der Waals surface area contributed by atoms with Crippen LogP contribution in [0.5, 0.6) is 0 Å². The maximum Gasteiger partial charge on any atom is 0.197 e. The predicted molar refractivity (Wildman–Crippen MR) is 90.8 cm³/mol. The molecule has 6 heteroatoms. The number of aliphatic imine (C=N–C) groups is 1. The van der Waals surface area contributed by atoms with Crippen LogP contribution in [0.25, 0.3) is 11.1 Å². The van der Waals surface area contributed by atoms with E-state index in [4.69, 9.17) is 4.42 Å². The largest absolute Gasteiger partial charge is 0.441 e. The van der Waals surface area contributed by atoms with Crippen molar-refractivity contribution in [3.63, 3.8) is 0 Å². The molecule has 1 aromatic carbocycles. The number of guanidine groups is 1. The number of nitrogens with zero attached hydrogens (tertiary/aromatic N) is 2. The van der Waals surface area contributed by atoms with Gasteiger partial charge in [-0.3, -0.25) is 4.99 Å². The number of aromatic nitrogens is 1. The van der Waals surface area contributed by atoms with Crippen molar-refractivity contribution in [2.75, 3.05) is 19.6 Å². The molecule has 2 aromatic rings. The first-order valence-electron chi connectivity index (χ1n) is 6.70. The Hall–Kier alpha value is -1.31. The molecular weight excluding hydrogens is 367 g/mol. The normalized spacial score (nSPS) is 14.3. The highest BCUT2D eigenvalue weighted by atomic mass is 127. The molecular formula is C14H19IN4O. The summed E-state index contributed by atoms with van der Waals surface area (Å²) >= 11 is 0. The number of halogens is 1. The zero-order chi connectivity index (χ0) is 13.1. The van der Waals surface area contributed by atoms with Gasteiger partial charge in [-0.2, -0.15) is 0 Å². The Morgan fingerprint density at radius 1 is 1.40 bits per heavy atom. The molecule has 5 nitrogen and oxygen atoms in total. The van der Waals surface area contributed by atoms with Gasteiger partial charge in [0.1, 0.15) is 5.52 Å². The van der Waals surface area contributed by atoms with Crippen LogP contribution < -0.4 is 10.6 Å². The van der Waals surface area contributed by atoms with E-state index in [2.05, 4.69) is 20.6 Å². The van der Waals surface area contributed by atoms with E-state index in [0.717, 1.165) is 61.0 Å². The average molecular weight is 386 g/mol. The van der Waals surface area contributed by atoms with Crippen LogP contribution in [0, 0.1) is 6.92 Å². The molecule has 0 radical (unpaired) electrons. The van der Waals surface area contributed by atoms with Crippen molar-refractivity contribution in [2.45, 2.75) is 19.8 Å². The molecule has 0 aliphatic carbocycles. The Labute approximate surface area is 135 Å². The summed E-state index contributed by atoms with van der Waals surface area (Å²) in [5.41, 5.74) is 2.98. The molecule has 1 aromatic heterocycles. The van der Waals surface area contributed by atoms with E-state index < -0.39 is 0 Å². The van der Waals surface area contributed by atoms with Gasteiger partial charge in [-0.15, -0.1) is 24.0 Å². The van der Waals surface area contributed by atoms with Crippen LogP contribution in [0.15, 0.2) is 27.6 Å². The van der Waals surface area contributed by atoms with Crippen LogP contribution in [-0.2, 0) is 6.42 Å². The molecule has 3 rings (SSSR count). The molecule has 0 spiro atoms. The van der Waals surface area contributed by atoms with Gasteiger partial charge in [-0.25, -0.2) is 4.98 Å². The van der Waals surface area contributed by atoms with Gasteiger partial charge in [0.05, 0.1) is 0 Å². The fourth-order valence-electron chi connectivity index (χ4n) is 2.18. The van der Waals surface area contributed by atoms with E-state index in [1.165, 1.54) is 0 Å². The summed E-state index contributed by atoms with van der Waals surface area (Å²) in [5, 5.41) is 6.50. The third kappa shape index (κ3) is 3.41. The third-order valence-electron chi connectivity index (χ3n) is 3.19. The van der Waals surface area contributed by atoms with Gasteiger partial charge in [-0.1, -0.05) is 12.1 Å². The van der Waals surface area contributed by atoms with E-state index in [0.29, 0.717) is 0 Å². The van der Waals surface area contributed by atoms with Crippen LogP contribution >= 0.6 is 24.0 Å². The van der Waals surface area contributed by atoms with E-state index in [-0.39, 0.29) is 24.0 Å². The van der Waals surface area contributed by atoms with Crippen molar-refractivity contribution < 1.29 is 4.42 Å². The topological polar surface area (TPSA) is 62.5 Å². The number of aryl methyl sites for hydroxylation is 1. The molecule has 2 heterocycles. The van der Waals surface area contributed by atoms with Gasteiger partial charge in [-0.05, 0) is 25.0 Å². The summed E-state index contributed by atoms with van der Waals surface area (Å²) in [6.07, 6.45) is 1.87. The number of para-hydroxylation sites is 1. The van der Waals surface area contributed by atoms with Gasteiger partial charge < -0.3 is 15.1 Å². The fourth-order valence-corrected chi connectivity index (χ4v) is 2.18. The Morgan fingerprint density at radius 3 is 3.05 bits per heavy atom. The minimum absolute atomic E-state index is 0. The van der Waals surface area contributed by atoms with E-state index in [9.17, 15) is 0 Å². The minimum atomic E-state index is 0. The summed E-state index contributed by atoms with van der Waals surface area (Å²) in [6.45, 7) is 4.72. The van der Waals surface area contributed by atoms with Crippen LogP contribution in [0.2, 0.25) is 0 Å². The average Bonchev–Trinajstić information content (AvgIpc) is 2.84. The van der Waals surface area contributed by atoms with Crippen molar-refractivity contribution in [3.05, 3.63) is 29.7 Å². The number of oxazole rings is 1. The van der Waals surface area contributed by atoms with Crippen molar-refractivity contribution in [1.29, 1.82) is 0 Å². The van der Waals surface area contributed by atoms with Gasteiger partial charge in [0, 0.05) is 26.1 Å². The van der Waals surface area contributed by atoms with Gasteiger partial charge in [0.15, 0.2) is 17.4 Å². The maximum absolute atomic E-state index is 5.73. The zero-order valence-electron chi connectivity index (χ0n) is 11.5. The molecule has 0 fully saturated rings. The SMILES string of the molecule is Cc1cccc2oc(CCNC3=NCCCN3)nc12.I. The molecule has 0 amide bonds. The predicted octanol–water partition coefficient (Wildman–Crippen LogP) is 2.24. The number of benzene rings is 1. The van der Waals surface area contributed by atoms with Crippen LogP contribution in [0.1, 0.15) is 17.9 Å². The van der Waals surface area contributed by atoms with Crippen LogP contribution in [-0.4, -0.2) is 30.6 Å². The molecule has 108 valence electrons. The molecule has 0 saturated carbocycles. The Bertz CT molecular complexity index is 608. The summed E-state index contributed by atoms with van der Waals surface area (Å²) in [4.78, 5) is 8.89. The van der Waals surface area contributed by atoms with Crippen molar-refractivity contribution in [1.82, 2.24) is 15.6 Å². The second-order valence-corrected chi connectivity index (χ2v) is 4.72. The quantitative estimate of drug-likeness (QED) is 0.795. The maximum atomic E-state index is 5.73. The Kier molecular flexibility index (Phi) is 5.22. The van der Waals surface area contributed by atoms with Gasteiger partial charge in [0.25, 0.3) is 0 Å². The van der Waals surface area contributed by atoms with Crippen LogP contribution in [0.4, 0.5) is 0 Å². The van der Waals surface area contributed by atoms with E-state index in [1.807, 2.05) is 25.1 Å².